The van der Waals surface area contributed by atoms with Gasteiger partial charge in [0.25, 0.3) is 5.91 Å². The minimum absolute atomic E-state index is 0.0346. The third-order valence-corrected chi connectivity index (χ3v) is 8.84. The third kappa shape index (κ3) is 3.71. The van der Waals surface area contributed by atoms with Crippen LogP contribution in [0.4, 0.5) is 0 Å². The van der Waals surface area contributed by atoms with Crippen LogP contribution in [0.5, 0.6) is 0 Å². The van der Waals surface area contributed by atoms with Gasteiger partial charge in [-0.3, -0.25) is 9.59 Å². The molecule has 0 radical (unpaired) electrons. The molecule has 6 heteroatoms. The number of nitrogens with one attached hydrogen (secondary N) is 1. The predicted molar refractivity (Wildman–Crippen MR) is 125 cm³/mol. The molecular weight excluding hydrogens is 406 g/mol. The fourth-order valence-corrected chi connectivity index (χ4v) is 6.89. The van der Waals surface area contributed by atoms with E-state index in [0.29, 0.717) is 6.54 Å². The fourth-order valence-electron chi connectivity index (χ4n) is 6.07. The van der Waals surface area contributed by atoms with Gasteiger partial charge in [0.15, 0.2) is 0 Å². The first-order valence-electron chi connectivity index (χ1n) is 12.2. The molecule has 1 atom stereocenters. The molecule has 5 nitrogen and oxygen atoms in total. The standard InChI is InChI=1S/C25H35N3O2S/c1-17-9-11-18(12-10-17)26-24(30)25(2)16-27-20-13-14-31-22(20)15-21(27)23(29)28(25)19-7-5-3-4-6-8-19/h13-15,17-19H,3-12,16H2,1-2H3,(H,26,30)/t17?,18?,25-/m0/s1. The van der Waals surface area contributed by atoms with Crippen LogP contribution in [0, 0.1) is 5.92 Å². The van der Waals surface area contributed by atoms with Crippen LogP contribution >= 0.6 is 11.3 Å². The molecule has 2 fully saturated rings. The van der Waals surface area contributed by atoms with Crippen molar-refractivity contribution >= 4 is 33.4 Å². The summed E-state index contributed by atoms with van der Waals surface area (Å²) in [7, 11) is 0. The number of carbonyl (C=O) groups excluding carboxylic acids is 2. The van der Waals surface area contributed by atoms with E-state index in [1.54, 1.807) is 11.3 Å². The van der Waals surface area contributed by atoms with E-state index in [4.69, 9.17) is 0 Å². The van der Waals surface area contributed by atoms with Gasteiger partial charge in [-0.25, -0.2) is 0 Å². The zero-order chi connectivity index (χ0) is 21.6. The maximum Gasteiger partial charge on any atom is 0.271 e. The zero-order valence-corrected chi connectivity index (χ0v) is 19.7. The van der Waals surface area contributed by atoms with Gasteiger partial charge in [0, 0.05) is 12.1 Å². The maximum absolute atomic E-state index is 13.9. The highest BCUT2D eigenvalue weighted by Crippen LogP contribution is 2.38. The summed E-state index contributed by atoms with van der Waals surface area (Å²) in [6, 6.07) is 4.50. The molecule has 2 saturated carbocycles. The van der Waals surface area contributed by atoms with Crippen molar-refractivity contribution in [1.29, 1.82) is 0 Å². The molecule has 2 aromatic heterocycles. The minimum Gasteiger partial charge on any atom is -0.351 e. The summed E-state index contributed by atoms with van der Waals surface area (Å²) in [5, 5.41) is 5.45. The van der Waals surface area contributed by atoms with Crippen LogP contribution in [0.15, 0.2) is 17.5 Å². The van der Waals surface area contributed by atoms with Crippen molar-refractivity contribution in [2.75, 3.05) is 0 Å². The summed E-state index contributed by atoms with van der Waals surface area (Å²) < 4.78 is 3.24. The molecule has 168 valence electrons. The van der Waals surface area contributed by atoms with E-state index in [1.807, 2.05) is 17.9 Å². The molecule has 0 aromatic carbocycles. The Hall–Kier alpha value is -1.82. The number of nitrogens with zero attached hydrogens (tertiary/aromatic N) is 2. The largest absolute Gasteiger partial charge is 0.351 e. The second-order valence-corrected chi connectivity index (χ2v) is 11.3. The van der Waals surface area contributed by atoms with Gasteiger partial charge in [-0.15, -0.1) is 11.3 Å². The molecule has 0 unspecified atom stereocenters. The molecule has 0 spiro atoms. The molecule has 2 aromatic rings. The molecule has 1 aliphatic heterocycles. The van der Waals surface area contributed by atoms with Crippen LogP contribution in [0.3, 0.4) is 0 Å². The highest BCUT2D eigenvalue weighted by Gasteiger charge is 2.50. The Morgan fingerprint density at radius 1 is 1.10 bits per heavy atom. The van der Waals surface area contributed by atoms with Gasteiger partial charge >= 0.3 is 0 Å². The lowest BCUT2D eigenvalue weighted by Gasteiger charge is -2.48. The van der Waals surface area contributed by atoms with Crippen LogP contribution in [0.1, 0.15) is 88.5 Å². The number of thiophene rings is 1. The van der Waals surface area contributed by atoms with Crippen molar-refractivity contribution in [2.45, 2.75) is 102 Å². The molecule has 2 amide bonds. The van der Waals surface area contributed by atoms with Crippen molar-refractivity contribution in [2.24, 2.45) is 5.92 Å². The Balaban J connectivity index is 1.50. The highest BCUT2D eigenvalue weighted by atomic mass is 32.1. The van der Waals surface area contributed by atoms with Crippen molar-refractivity contribution in [1.82, 2.24) is 14.8 Å². The SMILES string of the molecule is CC1CCC(NC(=O)[C@]2(C)Cn3c(cc4sccc43)C(=O)N2C2CCCCCC2)CC1. The molecule has 3 aliphatic rings. The van der Waals surface area contributed by atoms with Crippen LogP contribution in [0.2, 0.25) is 0 Å². The van der Waals surface area contributed by atoms with Crippen molar-refractivity contribution in [3.63, 3.8) is 0 Å². The molecule has 0 saturated heterocycles. The van der Waals surface area contributed by atoms with Gasteiger partial charge in [0.2, 0.25) is 5.91 Å². The quantitative estimate of drug-likeness (QED) is 0.654. The second-order valence-electron chi connectivity index (χ2n) is 10.3. The van der Waals surface area contributed by atoms with E-state index in [0.717, 1.165) is 60.4 Å². The third-order valence-electron chi connectivity index (χ3n) is 7.99. The molecule has 1 N–H and O–H groups in total. The fraction of sp³-hybridized carbons (Fsp3) is 0.680. The first-order valence-corrected chi connectivity index (χ1v) is 13.1. The first kappa shape index (κ1) is 21.0. The van der Waals surface area contributed by atoms with E-state index in [2.05, 4.69) is 28.3 Å². The smallest absolute Gasteiger partial charge is 0.271 e. The molecular formula is C25H35N3O2S. The number of carbonyl (C=O) groups is 2. The summed E-state index contributed by atoms with van der Waals surface area (Å²) in [4.78, 5) is 29.7. The number of hydrogen-bond acceptors (Lipinski definition) is 3. The van der Waals surface area contributed by atoms with Gasteiger partial charge in [0.05, 0.1) is 16.8 Å². The number of aromatic nitrogens is 1. The van der Waals surface area contributed by atoms with Crippen molar-refractivity contribution < 1.29 is 9.59 Å². The predicted octanol–water partition coefficient (Wildman–Crippen LogP) is 5.34. The van der Waals surface area contributed by atoms with E-state index in [-0.39, 0.29) is 23.9 Å². The Morgan fingerprint density at radius 3 is 2.52 bits per heavy atom. The van der Waals surface area contributed by atoms with Gasteiger partial charge < -0.3 is 14.8 Å². The Bertz CT molecular complexity index is 963. The van der Waals surface area contributed by atoms with Crippen LogP contribution in [-0.4, -0.2) is 38.9 Å². The minimum atomic E-state index is -0.851. The van der Waals surface area contributed by atoms with E-state index < -0.39 is 5.54 Å². The topological polar surface area (TPSA) is 54.3 Å². The molecule has 31 heavy (non-hydrogen) atoms. The highest BCUT2D eigenvalue weighted by molar-refractivity contribution is 7.17. The number of hydrogen-bond donors (Lipinski definition) is 1. The summed E-state index contributed by atoms with van der Waals surface area (Å²) in [5.74, 6) is 0.820. The van der Waals surface area contributed by atoms with Gasteiger partial charge in [-0.2, -0.15) is 0 Å². The molecule has 3 heterocycles. The summed E-state index contributed by atoms with van der Waals surface area (Å²) >= 11 is 1.67. The van der Waals surface area contributed by atoms with Gasteiger partial charge in [0.1, 0.15) is 11.2 Å². The van der Waals surface area contributed by atoms with Crippen LogP contribution in [-0.2, 0) is 11.3 Å². The van der Waals surface area contributed by atoms with Crippen LogP contribution < -0.4 is 5.32 Å². The Labute approximate surface area is 189 Å². The van der Waals surface area contributed by atoms with Gasteiger partial charge in [-0.1, -0.05) is 32.6 Å². The Morgan fingerprint density at radius 2 is 1.81 bits per heavy atom. The number of fused-ring (bicyclic) bond motifs is 3. The Kier molecular flexibility index (Phi) is 5.61. The lowest BCUT2D eigenvalue weighted by atomic mass is 9.86. The lowest BCUT2D eigenvalue weighted by Crippen LogP contribution is -2.67. The number of rotatable bonds is 3. The zero-order valence-electron chi connectivity index (χ0n) is 18.9. The second kappa shape index (κ2) is 8.27. The maximum atomic E-state index is 13.9. The van der Waals surface area contributed by atoms with Crippen molar-refractivity contribution in [3.8, 4) is 0 Å². The van der Waals surface area contributed by atoms with E-state index in [9.17, 15) is 9.59 Å². The molecule has 0 bridgehead atoms. The normalized spacial score (nSPS) is 30.3. The average Bonchev–Trinajstić information content (AvgIpc) is 3.23. The molecule has 5 rings (SSSR count). The van der Waals surface area contributed by atoms with E-state index in [1.165, 1.54) is 25.7 Å². The van der Waals surface area contributed by atoms with Crippen molar-refractivity contribution in [3.05, 3.63) is 23.2 Å². The molecule has 2 aliphatic carbocycles. The summed E-state index contributed by atoms with van der Waals surface area (Å²) in [6.07, 6.45) is 11.2. The van der Waals surface area contributed by atoms with Crippen LogP contribution in [0.25, 0.3) is 10.2 Å². The lowest BCUT2D eigenvalue weighted by molar-refractivity contribution is -0.135. The van der Waals surface area contributed by atoms with E-state index >= 15 is 0 Å². The monoisotopic (exact) mass is 441 g/mol. The summed E-state index contributed by atoms with van der Waals surface area (Å²) in [5.41, 5.74) is 0.984. The first-order chi connectivity index (χ1) is 15.0. The summed E-state index contributed by atoms with van der Waals surface area (Å²) in [6.45, 7) is 4.85. The number of amides is 2. The average molecular weight is 442 g/mol. The van der Waals surface area contributed by atoms with Gasteiger partial charge in [-0.05, 0) is 68.9 Å².